The summed E-state index contributed by atoms with van der Waals surface area (Å²) in [5, 5.41) is 7.42. The van der Waals surface area contributed by atoms with Crippen LogP contribution in [0.5, 0.6) is 0 Å². The number of aromatic nitrogens is 3. The molecule has 1 heterocycles. The van der Waals surface area contributed by atoms with Crippen LogP contribution in [0, 0.1) is 5.82 Å². The van der Waals surface area contributed by atoms with Crippen LogP contribution >= 0.6 is 11.8 Å². The second-order valence-corrected chi connectivity index (χ2v) is 7.80. The Balaban J connectivity index is 1.65. The quantitative estimate of drug-likeness (QED) is 0.373. The fourth-order valence-corrected chi connectivity index (χ4v) is 3.69. The van der Waals surface area contributed by atoms with E-state index < -0.39 is 0 Å². The molecule has 0 spiro atoms. The van der Waals surface area contributed by atoms with Crippen LogP contribution in [0.3, 0.4) is 0 Å². The molecule has 152 valence electrons. The van der Waals surface area contributed by atoms with Crippen molar-refractivity contribution in [1.29, 1.82) is 0 Å². The van der Waals surface area contributed by atoms with Crippen LogP contribution < -0.4 is 0 Å². The fraction of sp³-hybridized carbons (Fsp3) is 0.318. The number of aromatic amines is 1. The molecule has 1 amide bonds. The lowest BCUT2D eigenvalue weighted by Gasteiger charge is -2.23. The predicted octanol–water partition coefficient (Wildman–Crippen LogP) is 5.07. The van der Waals surface area contributed by atoms with E-state index in [-0.39, 0.29) is 11.7 Å². The monoisotopic (exact) mass is 412 g/mol. The number of halogens is 1. The van der Waals surface area contributed by atoms with Gasteiger partial charge in [0.15, 0.2) is 5.16 Å². The third-order valence-electron chi connectivity index (χ3n) is 4.57. The third kappa shape index (κ3) is 6.42. The molecule has 1 aromatic heterocycles. The van der Waals surface area contributed by atoms with Crippen molar-refractivity contribution in [3.05, 3.63) is 77.4 Å². The summed E-state index contributed by atoms with van der Waals surface area (Å²) in [5.41, 5.74) is 2.70. The minimum absolute atomic E-state index is 0.000124. The molecule has 0 aliphatic carbocycles. The van der Waals surface area contributed by atoms with E-state index in [1.54, 1.807) is 23.9 Å². The zero-order valence-corrected chi connectivity index (χ0v) is 17.3. The van der Waals surface area contributed by atoms with E-state index in [0.29, 0.717) is 18.7 Å². The highest BCUT2D eigenvalue weighted by Crippen LogP contribution is 2.19. The molecule has 0 unspecified atom stereocenters. The van der Waals surface area contributed by atoms with Crippen molar-refractivity contribution in [1.82, 2.24) is 20.1 Å². The van der Waals surface area contributed by atoms with Crippen LogP contribution in [-0.4, -0.2) is 32.5 Å². The van der Waals surface area contributed by atoms with Crippen LogP contribution in [0.15, 0.2) is 60.0 Å². The maximum Gasteiger partial charge on any atom is 0.254 e. The Bertz CT molecular complexity index is 882. The van der Waals surface area contributed by atoms with Crippen molar-refractivity contribution in [3.63, 3.8) is 0 Å². The van der Waals surface area contributed by atoms with Gasteiger partial charge in [0.05, 0.1) is 0 Å². The highest BCUT2D eigenvalue weighted by atomic mass is 32.2. The second kappa shape index (κ2) is 10.8. The molecule has 3 rings (SSSR count). The van der Waals surface area contributed by atoms with Gasteiger partial charge in [0.1, 0.15) is 12.1 Å². The number of thioether (sulfide) groups is 1. The maximum absolute atomic E-state index is 13.2. The van der Waals surface area contributed by atoms with Crippen molar-refractivity contribution >= 4 is 17.7 Å². The lowest BCUT2D eigenvalue weighted by Crippen LogP contribution is -2.31. The maximum atomic E-state index is 13.2. The summed E-state index contributed by atoms with van der Waals surface area (Å²) in [4.78, 5) is 19.0. The summed E-state index contributed by atoms with van der Waals surface area (Å²) in [5.74, 6) is 0.482. The molecule has 0 fully saturated rings. The Labute approximate surface area is 174 Å². The third-order valence-corrected chi connectivity index (χ3v) is 5.52. The number of nitrogens with zero attached hydrogens (tertiary/aromatic N) is 3. The van der Waals surface area contributed by atoms with Crippen LogP contribution in [0.4, 0.5) is 4.39 Å². The lowest BCUT2D eigenvalue weighted by molar-refractivity contribution is 0.0740. The van der Waals surface area contributed by atoms with Gasteiger partial charge in [0.25, 0.3) is 5.91 Å². The Kier molecular flexibility index (Phi) is 7.81. The van der Waals surface area contributed by atoms with Gasteiger partial charge in [0.2, 0.25) is 0 Å². The number of carbonyl (C=O) groups excluding carboxylic acids is 1. The number of nitrogens with one attached hydrogen (secondary N) is 1. The number of hydrogen-bond acceptors (Lipinski definition) is 4. The van der Waals surface area contributed by atoms with Gasteiger partial charge in [-0.25, -0.2) is 9.37 Å². The highest BCUT2D eigenvalue weighted by Gasteiger charge is 2.16. The number of hydrogen-bond donors (Lipinski definition) is 1. The second-order valence-electron chi connectivity index (χ2n) is 6.84. The van der Waals surface area contributed by atoms with E-state index in [9.17, 15) is 9.18 Å². The van der Waals surface area contributed by atoms with Crippen LogP contribution in [0.1, 0.15) is 47.7 Å². The lowest BCUT2D eigenvalue weighted by atomic mass is 10.1. The molecule has 2 aromatic carbocycles. The van der Waals surface area contributed by atoms with Gasteiger partial charge in [-0.2, -0.15) is 5.10 Å². The van der Waals surface area contributed by atoms with E-state index in [1.165, 1.54) is 18.5 Å². The molecule has 0 radical (unpaired) electrons. The van der Waals surface area contributed by atoms with E-state index in [1.807, 2.05) is 29.2 Å². The SMILES string of the molecule is CCCCCN(Cc1ccc(F)cc1)C(=O)c1ccc(CSc2ncn[nH]2)cc1. The van der Waals surface area contributed by atoms with Crippen LogP contribution in [0.25, 0.3) is 0 Å². The number of benzene rings is 2. The van der Waals surface area contributed by atoms with Crippen molar-refractivity contribution in [2.75, 3.05) is 6.54 Å². The summed E-state index contributed by atoms with van der Waals surface area (Å²) < 4.78 is 13.2. The summed E-state index contributed by atoms with van der Waals surface area (Å²) in [6.07, 6.45) is 4.61. The number of unbranched alkanes of at least 4 members (excludes halogenated alkanes) is 2. The number of carbonyl (C=O) groups is 1. The number of amides is 1. The first-order valence-corrected chi connectivity index (χ1v) is 10.7. The molecule has 5 nitrogen and oxygen atoms in total. The zero-order valence-electron chi connectivity index (χ0n) is 16.5. The molecule has 7 heteroatoms. The average molecular weight is 413 g/mol. The molecule has 0 saturated heterocycles. The molecular formula is C22H25FN4OS. The number of H-pyrrole nitrogens is 1. The smallest absolute Gasteiger partial charge is 0.254 e. The van der Waals surface area contributed by atoms with E-state index in [0.717, 1.165) is 41.3 Å². The molecule has 29 heavy (non-hydrogen) atoms. The zero-order chi connectivity index (χ0) is 20.5. The van der Waals surface area contributed by atoms with Gasteiger partial charge < -0.3 is 4.90 Å². The van der Waals surface area contributed by atoms with Crippen molar-refractivity contribution in [2.24, 2.45) is 0 Å². The first kappa shape index (κ1) is 21.0. The van der Waals surface area contributed by atoms with Gasteiger partial charge in [0, 0.05) is 24.4 Å². The first-order chi connectivity index (χ1) is 14.2. The van der Waals surface area contributed by atoms with Gasteiger partial charge in [-0.1, -0.05) is 55.8 Å². The molecule has 0 bridgehead atoms. The normalized spacial score (nSPS) is 10.8. The molecular weight excluding hydrogens is 387 g/mol. The standard InChI is InChI=1S/C22H25FN4OS/c1-2-3-4-13-27(14-17-7-11-20(23)12-8-17)21(28)19-9-5-18(6-10-19)15-29-22-24-16-25-26-22/h5-12,16H,2-4,13-15H2,1H3,(H,24,25,26). The minimum Gasteiger partial charge on any atom is -0.334 e. The Morgan fingerprint density at radius 2 is 1.79 bits per heavy atom. The van der Waals surface area contributed by atoms with Crippen molar-refractivity contribution < 1.29 is 9.18 Å². The minimum atomic E-state index is -0.267. The van der Waals surface area contributed by atoms with Crippen LogP contribution in [-0.2, 0) is 12.3 Å². The van der Waals surface area contributed by atoms with Crippen molar-refractivity contribution in [2.45, 2.75) is 43.6 Å². The fourth-order valence-electron chi connectivity index (χ4n) is 2.96. The average Bonchev–Trinajstić information content (AvgIpc) is 3.27. The van der Waals surface area contributed by atoms with Crippen molar-refractivity contribution in [3.8, 4) is 0 Å². The van der Waals surface area contributed by atoms with Gasteiger partial charge >= 0.3 is 0 Å². The van der Waals surface area contributed by atoms with E-state index in [2.05, 4.69) is 22.1 Å². The van der Waals surface area contributed by atoms with Gasteiger partial charge in [-0.05, 0) is 41.8 Å². The van der Waals surface area contributed by atoms with Gasteiger partial charge in [-0.3, -0.25) is 9.89 Å². The molecule has 3 aromatic rings. The Morgan fingerprint density at radius 1 is 1.07 bits per heavy atom. The number of rotatable bonds is 10. The summed E-state index contributed by atoms with van der Waals surface area (Å²) in [6.45, 7) is 3.31. The molecule has 1 N–H and O–H groups in total. The molecule has 0 atom stereocenters. The Hall–Kier alpha value is -2.67. The predicted molar refractivity (Wildman–Crippen MR) is 113 cm³/mol. The Morgan fingerprint density at radius 3 is 2.45 bits per heavy atom. The summed E-state index contributed by atoms with van der Waals surface area (Å²) in [6, 6.07) is 14.0. The molecule has 0 saturated carbocycles. The summed E-state index contributed by atoms with van der Waals surface area (Å²) in [7, 11) is 0. The molecule has 0 aliphatic heterocycles. The first-order valence-electron chi connectivity index (χ1n) is 9.76. The largest absolute Gasteiger partial charge is 0.334 e. The van der Waals surface area contributed by atoms with Crippen LogP contribution in [0.2, 0.25) is 0 Å². The van der Waals surface area contributed by atoms with E-state index in [4.69, 9.17) is 0 Å². The highest BCUT2D eigenvalue weighted by molar-refractivity contribution is 7.98. The molecule has 0 aliphatic rings. The summed E-state index contributed by atoms with van der Waals surface area (Å²) >= 11 is 1.56. The van der Waals surface area contributed by atoms with E-state index >= 15 is 0 Å². The van der Waals surface area contributed by atoms with Gasteiger partial charge in [-0.15, -0.1) is 0 Å². The topological polar surface area (TPSA) is 61.9 Å².